The third kappa shape index (κ3) is 2.68. The molecule has 2 nitrogen and oxygen atoms in total. The molecule has 104 valence electrons. The summed E-state index contributed by atoms with van der Waals surface area (Å²) < 4.78 is 13.7. The summed E-state index contributed by atoms with van der Waals surface area (Å²) >= 11 is 0. The van der Waals surface area contributed by atoms with Gasteiger partial charge >= 0.3 is 0 Å². The lowest BCUT2D eigenvalue weighted by molar-refractivity contribution is 0.282. The molecule has 0 unspecified atom stereocenters. The first kappa shape index (κ1) is 13.1. The summed E-state index contributed by atoms with van der Waals surface area (Å²) in [5, 5.41) is 12.4. The van der Waals surface area contributed by atoms with E-state index in [1.54, 1.807) is 6.07 Å². The van der Waals surface area contributed by atoms with Crippen molar-refractivity contribution in [1.29, 1.82) is 0 Å². The van der Waals surface area contributed by atoms with Crippen molar-refractivity contribution in [2.75, 3.05) is 5.32 Å². The summed E-state index contributed by atoms with van der Waals surface area (Å²) in [6.07, 6.45) is 1.92. The van der Waals surface area contributed by atoms with Crippen LogP contribution in [0.2, 0.25) is 0 Å². The Balaban J connectivity index is 1.56. The number of hydrogen-bond donors (Lipinski definition) is 2. The smallest absolute Gasteiger partial charge is 0.126 e. The van der Waals surface area contributed by atoms with Crippen LogP contribution < -0.4 is 5.32 Å². The fourth-order valence-electron chi connectivity index (χ4n) is 2.74. The summed E-state index contributed by atoms with van der Waals surface area (Å²) in [5.41, 5.74) is 2.80. The van der Waals surface area contributed by atoms with Crippen molar-refractivity contribution in [3.05, 3.63) is 65.5 Å². The maximum Gasteiger partial charge on any atom is 0.126 e. The number of nitrogens with one attached hydrogen (secondary N) is 1. The van der Waals surface area contributed by atoms with Crippen LogP contribution in [0.3, 0.4) is 0 Å². The Hall–Kier alpha value is -1.87. The number of halogens is 1. The summed E-state index contributed by atoms with van der Waals surface area (Å²) in [6, 6.07) is 15.2. The topological polar surface area (TPSA) is 32.3 Å². The van der Waals surface area contributed by atoms with Gasteiger partial charge in [-0.15, -0.1) is 0 Å². The molecule has 0 spiro atoms. The predicted octanol–water partition coefficient (Wildman–Crippen LogP) is 3.68. The number of rotatable bonds is 4. The summed E-state index contributed by atoms with van der Waals surface area (Å²) in [7, 11) is 0. The standard InChI is InChI=1S/C17H18FNO/c18-17-4-2-1-3-16(17)13-9-15(10-13)19-14-7-5-12(11-20)6-8-14/h1-8,13,15,19-20H,9-11H2. The minimum absolute atomic E-state index is 0.0685. The van der Waals surface area contributed by atoms with Crippen LogP contribution in [0.5, 0.6) is 0 Å². The van der Waals surface area contributed by atoms with Crippen molar-refractivity contribution in [2.24, 2.45) is 0 Å². The highest BCUT2D eigenvalue weighted by molar-refractivity contribution is 5.46. The third-order valence-corrected chi connectivity index (χ3v) is 3.99. The number of aliphatic hydroxyl groups excluding tert-OH is 1. The van der Waals surface area contributed by atoms with Gasteiger partial charge in [-0.25, -0.2) is 4.39 Å². The van der Waals surface area contributed by atoms with Crippen LogP contribution >= 0.6 is 0 Å². The zero-order valence-corrected chi connectivity index (χ0v) is 11.2. The average molecular weight is 271 g/mol. The van der Waals surface area contributed by atoms with E-state index in [9.17, 15) is 4.39 Å². The second-order valence-corrected chi connectivity index (χ2v) is 5.39. The Morgan fingerprint density at radius 2 is 1.75 bits per heavy atom. The molecule has 20 heavy (non-hydrogen) atoms. The molecule has 0 heterocycles. The van der Waals surface area contributed by atoms with Crippen molar-refractivity contribution in [3.63, 3.8) is 0 Å². The molecule has 0 amide bonds. The number of benzene rings is 2. The van der Waals surface area contributed by atoms with Gasteiger partial charge in [0.1, 0.15) is 5.82 Å². The second kappa shape index (κ2) is 5.63. The number of anilines is 1. The van der Waals surface area contributed by atoms with E-state index in [0.717, 1.165) is 29.7 Å². The number of aliphatic hydroxyl groups is 1. The molecule has 0 radical (unpaired) electrons. The van der Waals surface area contributed by atoms with Crippen molar-refractivity contribution in [2.45, 2.75) is 31.4 Å². The lowest BCUT2D eigenvalue weighted by Gasteiger charge is -2.37. The fraction of sp³-hybridized carbons (Fsp3) is 0.294. The first-order chi connectivity index (χ1) is 9.76. The zero-order chi connectivity index (χ0) is 13.9. The van der Waals surface area contributed by atoms with Gasteiger partial charge in [-0.2, -0.15) is 0 Å². The molecule has 0 saturated heterocycles. The van der Waals surface area contributed by atoms with Crippen LogP contribution in [0.15, 0.2) is 48.5 Å². The molecule has 0 aromatic heterocycles. The van der Waals surface area contributed by atoms with Crippen LogP contribution in [0.1, 0.15) is 29.9 Å². The molecule has 1 aliphatic rings. The van der Waals surface area contributed by atoms with Gasteiger partial charge in [0, 0.05) is 11.7 Å². The van der Waals surface area contributed by atoms with Crippen molar-refractivity contribution < 1.29 is 9.50 Å². The molecular formula is C17H18FNO. The average Bonchev–Trinajstić information content (AvgIpc) is 2.44. The Bertz CT molecular complexity index is 576. The normalized spacial score (nSPS) is 21.3. The second-order valence-electron chi connectivity index (χ2n) is 5.39. The van der Waals surface area contributed by atoms with Crippen LogP contribution in [-0.4, -0.2) is 11.1 Å². The van der Waals surface area contributed by atoms with E-state index < -0.39 is 0 Å². The highest BCUT2D eigenvalue weighted by atomic mass is 19.1. The van der Waals surface area contributed by atoms with Crippen molar-refractivity contribution in [1.82, 2.24) is 0 Å². The zero-order valence-electron chi connectivity index (χ0n) is 11.2. The van der Waals surface area contributed by atoms with Crippen molar-refractivity contribution >= 4 is 5.69 Å². The van der Waals surface area contributed by atoms with Gasteiger partial charge < -0.3 is 10.4 Å². The van der Waals surface area contributed by atoms with E-state index in [1.807, 2.05) is 36.4 Å². The fourth-order valence-corrected chi connectivity index (χ4v) is 2.74. The quantitative estimate of drug-likeness (QED) is 0.889. The maximum atomic E-state index is 13.7. The molecule has 1 saturated carbocycles. The minimum Gasteiger partial charge on any atom is -0.392 e. The van der Waals surface area contributed by atoms with Gasteiger partial charge in [0.05, 0.1) is 6.61 Å². The van der Waals surface area contributed by atoms with E-state index in [-0.39, 0.29) is 12.4 Å². The Morgan fingerprint density at radius 3 is 2.40 bits per heavy atom. The van der Waals surface area contributed by atoms with E-state index in [0.29, 0.717) is 12.0 Å². The van der Waals surface area contributed by atoms with E-state index >= 15 is 0 Å². The molecular weight excluding hydrogens is 253 g/mol. The first-order valence-corrected chi connectivity index (χ1v) is 6.97. The third-order valence-electron chi connectivity index (χ3n) is 3.99. The Labute approximate surface area is 118 Å². The summed E-state index contributed by atoms with van der Waals surface area (Å²) in [6.45, 7) is 0.0685. The van der Waals surface area contributed by atoms with Crippen LogP contribution in [0.25, 0.3) is 0 Å². The minimum atomic E-state index is -0.0942. The van der Waals surface area contributed by atoms with Crippen LogP contribution in [-0.2, 0) is 6.61 Å². The van der Waals surface area contributed by atoms with Crippen LogP contribution in [0.4, 0.5) is 10.1 Å². The highest BCUT2D eigenvalue weighted by Crippen LogP contribution is 2.39. The predicted molar refractivity (Wildman–Crippen MR) is 78.2 cm³/mol. The van der Waals surface area contributed by atoms with E-state index in [4.69, 9.17) is 5.11 Å². The molecule has 1 aliphatic carbocycles. The highest BCUT2D eigenvalue weighted by Gasteiger charge is 2.31. The van der Waals surface area contributed by atoms with Gasteiger partial charge in [0.15, 0.2) is 0 Å². The summed E-state index contributed by atoms with van der Waals surface area (Å²) in [4.78, 5) is 0. The molecule has 0 aliphatic heterocycles. The van der Waals surface area contributed by atoms with E-state index in [2.05, 4.69) is 5.32 Å². The van der Waals surface area contributed by atoms with Gasteiger partial charge in [-0.05, 0) is 48.1 Å². The number of hydrogen-bond acceptors (Lipinski definition) is 2. The molecule has 2 aromatic rings. The van der Waals surface area contributed by atoms with Crippen molar-refractivity contribution in [3.8, 4) is 0 Å². The van der Waals surface area contributed by atoms with Gasteiger partial charge in [-0.3, -0.25) is 0 Å². The molecule has 2 aromatic carbocycles. The molecule has 1 fully saturated rings. The molecule has 2 N–H and O–H groups in total. The monoisotopic (exact) mass is 271 g/mol. The maximum absolute atomic E-state index is 13.7. The first-order valence-electron chi connectivity index (χ1n) is 6.97. The molecule has 3 heteroatoms. The summed E-state index contributed by atoms with van der Waals surface area (Å²) in [5.74, 6) is 0.230. The SMILES string of the molecule is OCc1ccc(NC2CC(c3ccccc3F)C2)cc1. The molecule has 3 rings (SSSR count). The van der Waals surface area contributed by atoms with Crippen LogP contribution in [0, 0.1) is 5.82 Å². The van der Waals surface area contributed by atoms with Gasteiger partial charge in [0.2, 0.25) is 0 Å². The van der Waals surface area contributed by atoms with Gasteiger partial charge in [-0.1, -0.05) is 30.3 Å². The Kier molecular flexibility index (Phi) is 3.70. The molecule has 0 atom stereocenters. The lowest BCUT2D eigenvalue weighted by Crippen LogP contribution is -2.34. The Morgan fingerprint density at radius 1 is 1.05 bits per heavy atom. The molecule has 0 bridgehead atoms. The van der Waals surface area contributed by atoms with E-state index in [1.165, 1.54) is 6.07 Å². The largest absolute Gasteiger partial charge is 0.392 e. The lowest BCUT2D eigenvalue weighted by atomic mass is 9.75. The van der Waals surface area contributed by atoms with Gasteiger partial charge in [0.25, 0.3) is 0 Å².